The van der Waals surface area contributed by atoms with Gasteiger partial charge in [0.15, 0.2) is 0 Å². The average molecular weight is 187 g/mol. The summed E-state index contributed by atoms with van der Waals surface area (Å²) in [6, 6.07) is -0.724. The molecule has 1 saturated carbocycles. The summed E-state index contributed by atoms with van der Waals surface area (Å²) in [5.41, 5.74) is 5.55. The van der Waals surface area contributed by atoms with Crippen LogP contribution in [-0.2, 0) is 9.53 Å². The minimum Gasteiger partial charge on any atom is -0.480 e. The fraction of sp³-hybridized carbons (Fsp3) is 0.889. The predicted octanol–water partition coefficient (Wildman–Crippen LogP) is 0.603. The monoisotopic (exact) mass is 187 g/mol. The summed E-state index contributed by atoms with van der Waals surface area (Å²) in [6.45, 7) is 0. The molecule has 0 aromatic heterocycles. The number of ether oxygens (including phenoxy) is 1. The minimum atomic E-state index is -0.901. The van der Waals surface area contributed by atoms with E-state index >= 15 is 0 Å². The third kappa shape index (κ3) is 2.67. The highest BCUT2D eigenvalue weighted by atomic mass is 16.5. The fourth-order valence-corrected chi connectivity index (χ4v) is 1.92. The third-order valence-corrected chi connectivity index (χ3v) is 2.79. The molecule has 0 spiro atoms. The second kappa shape index (κ2) is 4.58. The van der Waals surface area contributed by atoms with Gasteiger partial charge in [0.2, 0.25) is 0 Å². The lowest BCUT2D eigenvalue weighted by atomic mass is 9.82. The molecule has 1 fully saturated rings. The predicted molar refractivity (Wildman–Crippen MR) is 48.4 cm³/mol. The largest absolute Gasteiger partial charge is 0.480 e. The van der Waals surface area contributed by atoms with Crippen LogP contribution >= 0.6 is 0 Å². The molecule has 0 aliphatic heterocycles. The van der Waals surface area contributed by atoms with Gasteiger partial charge in [0.05, 0.1) is 6.10 Å². The molecule has 76 valence electrons. The molecule has 1 aliphatic rings. The second-order valence-electron chi connectivity index (χ2n) is 3.65. The summed E-state index contributed by atoms with van der Waals surface area (Å²) >= 11 is 0. The molecule has 3 atom stereocenters. The Kier molecular flexibility index (Phi) is 3.69. The van der Waals surface area contributed by atoms with Crippen LogP contribution in [0, 0.1) is 5.92 Å². The minimum absolute atomic E-state index is 0.0798. The molecular weight excluding hydrogens is 170 g/mol. The Morgan fingerprint density at radius 1 is 1.62 bits per heavy atom. The van der Waals surface area contributed by atoms with Gasteiger partial charge in [0.1, 0.15) is 6.04 Å². The molecule has 4 heteroatoms. The summed E-state index contributed by atoms with van der Waals surface area (Å²) in [5.74, 6) is -0.821. The van der Waals surface area contributed by atoms with Crippen molar-refractivity contribution in [2.24, 2.45) is 11.7 Å². The van der Waals surface area contributed by atoms with Crippen molar-refractivity contribution in [3.05, 3.63) is 0 Å². The molecule has 4 nitrogen and oxygen atoms in total. The zero-order valence-corrected chi connectivity index (χ0v) is 7.90. The van der Waals surface area contributed by atoms with Gasteiger partial charge in [-0.05, 0) is 25.2 Å². The van der Waals surface area contributed by atoms with Crippen molar-refractivity contribution in [1.29, 1.82) is 0 Å². The average Bonchev–Trinajstić information content (AvgIpc) is 2.16. The van der Waals surface area contributed by atoms with E-state index in [1.807, 2.05) is 0 Å². The van der Waals surface area contributed by atoms with Gasteiger partial charge in [-0.1, -0.05) is 6.42 Å². The number of nitrogens with two attached hydrogens (primary N) is 1. The molecule has 0 heterocycles. The summed E-state index contributed by atoms with van der Waals surface area (Å²) in [6.07, 6.45) is 3.94. The van der Waals surface area contributed by atoms with Crippen LogP contribution in [0.3, 0.4) is 0 Å². The van der Waals surface area contributed by atoms with Gasteiger partial charge in [0.25, 0.3) is 0 Å². The Bertz CT molecular complexity index is 184. The number of methoxy groups -OCH3 is 1. The smallest absolute Gasteiger partial charge is 0.320 e. The van der Waals surface area contributed by atoms with Crippen molar-refractivity contribution in [3.8, 4) is 0 Å². The van der Waals surface area contributed by atoms with Crippen molar-refractivity contribution in [3.63, 3.8) is 0 Å². The first kappa shape index (κ1) is 10.5. The zero-order valence-electron chi connectivity index (χ0n) is 7.90. The highest BCUT2D eigenvalue weighted by Crippen LogP contribution is 2.27. The second-order valence-corrected chi connectivity index (χ2v) is 3.65. The number of hydrogen-bond acceptors (Lipinski definition) is 3. The lowest BCUT2D eigenvalue weighted by molar-refractivity contribution is -0.140. The summed E-state index contributed by atoms with van der Waals surface area (Å²) < 4.78 is 5.20. The molecule has 0 saturated heterocycles. The Labute approximate surface area is 78.1 Å². The number of carboxylic acid groups (broad SMARTS) is 1. The van der Waals surface area contributed by atoms with Crippen molar-refractivity contribution in [2.75, 3.05) is 7.11 Å². The van der Waals surface area contributed by atoms with Crippen LogP contribution in [-0.4, -0.2) is 30.3 Å². The maximum Gasteiger partial charge on any atom is 0.320 e. The number of carbonyl (C=O) groups is 1. The van der Waals surface area contributed by atoms with Crippen LogP contribution in [0.15, 0.2) is 0 Å². The molecule has 0 bridgehead atoms. The van der Waals surface area contributed by atoms with E-state index in [1.54, 1.807) is 7.11 Å². The van der Waals surface area contributed by atoms with Gasteiger partial charge in [-0.25, -0.2) is 0 Å². The van der Waals surface area contributed by atoms with Crippen LogP contribution in [0.4, 0.5) is 0 Å². The summed E-state index contributed by atoms with van der Waals surface area (Å²) in [5, 5.41) is 8.73. The van der Waals surface area contributed by atoms with Crippen LogP contribution < -0.4 is 5.73 Å². The molecule has 0 radical (unpaired) electrons. The number of carboxylic acids is 1. The lowest BCUT2D eigenvalue weighted by Gasteiger charge is -2.30. The van der Waals surface area contributed by atoms with E-state index in [0.29, 0.717) is 0 Å². The van der Waals surface area contributed by atoms with E-state index < -0.39 is 12.0 Å². The normalized spacial score (nSPS) is 31.2. The van der Waals surface area contributed by atoms with Crippen molar-refractivity contribution in [1.82, 2.24) is 0 Å². The van der Waals surface area contributed by atoms with Gasteiger partial charge in [-0.2, -0.15) is 0 Å². The SMILES string of the molecule is CO[C@H]1CCC[C@H]([C@H](N)C(=O)O)C1. The van der Waals surface area contributed by atoms with E-state index in [2.05, 4.69) is 0 Å². The van der Waals surface area contributed by atoms with Crippen molar-refractivity contribution < 1.29 is 14.6 Å². The molecule has 1 aliphatic carbocycles. The Hall–Kier alpha value is -0.610. The molecule has 0 aromatic rings. The maximum absolute atomic E-state index is 10.6. The molecular formula is C9H17NO3. The Balaban J connectivity index is 2.46. The highest BCUT2D eigenvalue weighted by molar-refractivity contribution is 5.73. The molecule has 0 unspecified atom stereocenters. The van der Waals surface area contributed by atoms with Gasteiger partial charge in [0, 0.05) is 7.11 Å². The van der Waals surface area contributed by atoms with E-state index in [4.69, 9.17) is 15.6 Å². The molecule has 0 amide bonds. The standard InChI is InChI=1S/C9H17NO3/c1-13-7-4-2-3-6(5-7)8(10)9(11)12/h6-8H,2-5,10H2,1H3,(H,11,12)/t6-,7-,8-/m0/s1. The van der Waals surface area contributed by atoms with E-state index in [1.165, 1.54) is 0 Å². The van der Waals surface area contributed by atoms with Gasteiger partial charge in [-0.15, -0.1) is 0 Å². The third-order valence-electron chi connectivity index (χ3n) is 2.79. The van der Waals surface area contributed by atoms with Gasteiger partial charge in [-0.3, -0.25) is 4.79 Å². The van der Waals surface area contributed by atoms with Crippen LogP contribution in [0.2, 0.25) is 0 Å². The van der Waals surface area contributed by atoms with Crippen molar-refractivity contribution >= 4 is 5.97 Å². The first-order valence-corrected chi connectivity index (χ1v) is 4.66. The van der Waals surface area contributed by atoms with E-state index in [-0.39, 0.29) is 12.0 Å². The van der Waals surface area contributed by atoms with E-state index in [9.17, 15) is 4.79 Å². The fourth-order valence-electron chi connectivity index (χ4n) is 1.92. The summed E-state index contributed by atoms with van der Waals surface area (Å²) in [4.78, 5) is 10.6. The zero-order chi connectivity index (χ0) is 9.84. The first-order chi connectivity index (χ1) is 6.15. The summed E-state index contributed by atoms with van der Waals surface area (Å²) in [7, 11) is 1.67. The van der Waals surface area contributed by atoms with E-state index in [0.717, 1.165) is 25.7 Å². The lowest BCUT2D eigenvalue weighted by Crippen LogP contribution is -2.41. The van der Waals surface area contributed by atoms with Crippen molar-refractivity contribution in [2.45, 2.75) is 37.8 Å². The first-order valence-electron chi connectivity index (χ1n) is 4.66. The number of hydrogen-bond donors (Lipinski definition) is 2. The van der Waals surface area contributed by atoms with Gasteiger partial charge >= 0.3 is 5.97 Å². The van der Waals surface area contributed by atoms with Crippen LogP contribution in [0.5, 0.6) is 0 Å². The number of aliphatic carboxylic acids is 1. The van der Waals surface area contributed by atoms with Crippen LogP contribution in [0.1, 0.15) is 25.7 Å². The quantitative estimate of drug-likeness (QED) is 0.678. The Morgan fingerprint density at radius 2 is 2.31 bits per heavy atom. The van der Waals surface area contributed by atoms with Gasteiger partial charge < -0.3 is 15.6 Å². The van der Waals surface area contributed by atoms with Crippen LogP contribution in [0.25, 0.3) is 0 Å². The molecule has 1 rings (SSSR count). The molecule has 13 heavy (non-hydrogen) atoms. The maximum atomic E-state index is 10.6. The number of rotatable bonds is 3. The molecule has 0 aromatic carbocycles. The Morgan fingerprint density at radius 3 is 2.85 bits per heavy atom. The highest BCUT2D eigenvalue weighted by Gasteiger charge is 2.29. The molecule has 3 N–H and O–H groups in total. The topological polar surface area (TPSA) is 72.5 Å².